The summed E-state index contributed by atoms with van der Waals surface area (Å²) in [6, 6.07) is 6.58. The maximum atomic E-state index is 12.6. The van der Waals surface area contributed by atoms with Crippen molar-refractivity contribution in [3.05, 3.63) is 24.3 Å². The molecule has 0 aliphatic carbocycles. The van der Waals surface area contributed by atoms with Crippen molar-refractivity contribution in [3.8, 4) is 5.75 Å². The average Bonchev–Trinajstić information content (AvgIpc) is 2.75. The maximum absolute atomic E-state index is 12.6. The van der Waals surface area contributed by atoms with E-state index in [1.165, 1.54) is 19.3 Å². The second-order valence-electron chi connectivity index (χ2n) is 10.7. The van der Waals surface area contributed by atoms with Crippen LogP contribution in [0.1, 0.15) is 86.0 Å². The van der Waals surface area contributed by atoms with Crippen LogP contribution in [-0.2, 0) is 19.1 Å². The summed E-state index contributed by atoms with van der Waals surface area (Å²) in [6.45, 7) is 10.6. The number of hydrogen-bond donors (Lipinski definition) is 3. The fourth-order valence-electron chi connectivity index (χ4n) is 4.80. The number of nitrogens with one attached hydrogen (secondary N) is 3. The molecule has 2 amide bonds. The molecule has 1 heterocycles. The van der Waals surface area contributed by atoms with Gasteiger partial charge in [0.2, 0.25) is 0 Å². The van der Waals surface area contributed by atoms with E-state index in [0.717, 1.165) is 32.1 Å². The van der Waals surface area contributed by atoms with Gasteiger partial charge in [-0.1, -0.05) is 51.2 Å². The van der Waals surface area contributed by atoms with Gasteiger partial charge in [-0.05, 0) is 59.1 Å². The summed E-state index contributed by atoms with van der Waals surface area (Å²) in [5, 5.41) is 9.01. The summed E-state index contributed by atoms with van der Waals surface area (Å²) < 4.78 is 10.8. The lowest BCUT2D eigenvalue weighted by Crippen LogP contribution is -2.62. The van der Waals surface area contributed by atoms with Gasteiger partial charge in [0, 0.05) is 17.1 Å². The van der Waals surface area contributed by atoms with Crippen LogP contribution in [0.3, 0.4) is 0 Å². The van der Waals surface area contributed by atoms with Gasteiger partial charge in [-0.3, -0.25) is 9.59 Å². The zero-order valence-electron chi connectivity index (χ0n) is 22.0. The molecule has 8 nitrogen and oxygen atoms in total. The van der Waals surface area contributed by atoms with Crippen molar-refractivity contribution in [1.29, 1.82) is 0 Å². The van der Waals surface area contributed by atoms with E-state index in [0.29, 0.717) is 18.0 Å². The standard InChI is InChI=1S/C27H43N3O5/c1-6-7-8-9-10-13-16-34-23(31)19-35-22-15-12-11-14-21(22)29-25(33)24(32)28-20-17-26(2,3)30-27(4,5)18-20/h11-12,14-15,20,30H,6-10,13,16-19H2,1-5H3,(H,28,32)(H,29,33). The number of ether oxygens (including phenoxy) is 2. The number of carbonyl (C=O) groups excluding carboxylic acids is 3. The molecule has 196 valence electrons. The topological polar surface area (TPSA) is 106 Å². The fourth-order valence-corrected chi connectivity index (χ4v) is 4.80. The Morgan fingerprint density at radius 3 is 2.26 bits per heavy atom. The Hall–Kier alpha value is -2.61. The molecule has 0 aromatic heterocycles. The number of amides is 2. The van der Waals surface area contributed by atoms with Crippen molar-refractivity contribution < 1.29 is 23.9 Å². The van der Waals surface area contributed by atoms with Gasteiger partial charge in [-0.25, -0.2) is 4.79 Å². The molecule has 3 N–H and O–H groups in total. The van der Waals surface area contributed by atoms with Crippen LogP contribution >= 0.6 is 0 Å². The molecule has 1 aliphatic heterocycles. The number of unbranched alkanes of at least 4 members (excludes halogenated alkanes) is 5. The maximum Gasteiger partial charge on any atom is 0.344 e. The zero-order valence-corrected chi connectivity index (χ0v) is 22.0. The lowest BCUT2D eigenvalue weighted by Gasteiger charge is -2.46. The van der Waals surface area contributed by atoms with Gasteiger partial charge in [0.15, 0.2) is 6.61 Å². The second kappa shape index (κ2) is 13.5. The molecule has 2 rings (SSSR count). The molecule has 1 aromatic carbocycles. The molecule has 1 aliphatic rings. The van der Waals surface area contributed by atoms with E-state index >= 15 is 0 Å². The highest BCUT2D eigenvalue weighted by Gasteiger charge is 2.38. The lowest BCUT2D eigenvalue weighted by atomic mass is 9.79. The Bertz CT molecular complexity index is 837. The summed E-state index contributed by atoms with van der Waals surface area (Å²) in [4.78, 5) is 37.2. The smallest absolute Gasteiger partial charge is 0.344 e. The largest absolute Gasteiger partial charge is 0.480 e. The number of esters is 1. The number of rotatable bonds is 12. The van der Waals surface area contributed by atoms with Crippen molar-refractivity contribution in [2.24, 2.45) is 0 Å². The normalized spacial score (nSPS) is 16.8. The van der Waals surface area contributed by atoms with Crippen LogP contribution in [0.2, 0.25) is 0 Å². The van der Waals surface area contributed by atoms with E-state index in [1.54, 1.807) is 24.3 Å². The first-order chi connectivity index (χ1) is 16.5. The van der Waals surface area contributed by atoms with Gasteiger partial charge in [0.05, 0.1) is 12.3 Å². The molecule has 0 spiro atoms. The monoisotopic (exact) mass is 489 g/mol. The molecule has 0 unspecified atom stereocenters. The van der Waals surface area contributed by atoms with Gasteiger partial charge in [0.1, 0.15) is 5.75 Å². The Labute approximate surface area is 209 Å². The highest BCUT2D eigenvalue weighted by molar-refractivity contribution is 6.39. The van der Waals surface area contributed by atoms with Crippen molar-refractivity contribution in [2.75, 3.05) is 18.5 Å². The third-order valence-corrected chi connectivity index (χ3v) is 5.97. The van der Waals surface area contributed by atoms with E-state index in [2.05, 4.69) is 50.6 Å². The number of hydrogen-bond acceptors (Lipinski definition) is 6. The first-order valence-corrected chi connectivity index (χ1v) is 12.8. The minimum atomic E-state index is -0.777. The molecule has 1 saturated heterocycles. The number of benzene rings is 1. The van der Waals surface area contributed by atoms with Gasteiger partial charge in [0.25, 0.3) is 0 Å². The van der Waals surface area contributed by atoms with Crippen LogP contribution in [-0.4, -0.2) is 48.1 Å². The Balaban J connectivity index is 1.80. The van der Waals surface area contributed by atoms with Crippen LogP contribution in [0.25, 0.3) is 0 Å². The molecular weight excluding hydrogens is 446 g/mol. The van der Waals surface area contributed by atoms with Gasteiger partial charge >= 0.3 is 17.8 Å². The SMILES string of the molecule is CCCCCCCCOC(=O)COc1ccccc1NC(=O)C(=O)NC1CC(C)(C)NC(C)(C)C1. The molecule has 1 fully saturated rings. The summed E-state index contributed by atoms with van der Waals surface area (Å²) in [5.74, 6) is -1.64. The van der Waals surface area contributed by atoms with E-state index < -0.39 is 17.8 Å². The predicted octanol–water partition coefficient (Wildman–Crippen LogP) is 4.33. The van der Waals surface area contributed by atoms with Crippen LogP contribution in [0.15, 0.2) is 24.3 Å². The molecular formula is C27H43N3O5. The molecule has 1 aromatic rings. The molecule has 0 radical (unpaired) electrons. The van der Waals surface area contributed by atoms with Gasteiger partial charge in [-0.2, -0.15) is 0 Å². The highest BCUT2D eigenvalue weighted by atomic mass is 16.6. The summed E-state index contributed by atoms with van der Waals surface area (Å²) >= 11 is 0. The molecule has 0 bridgehead atoms. The Kier molecular flexibility index (Phi) is 11.0. The van der Waals surface area contributed by atoms with E-state index in [1.807, 2.05) is 0 Å². The predicted molar refractivity (Wildman–Crippen MR) is 137 cm³/mol. The summed E-state index contributed by atoms with van der Waals surface area (Å²) in [6.07, 6.45) is 8.11. The molecule has 35 heavy (non-hydrogen) atoms. The lowest BCUT2D eigenvalue weighted by molar-refractivity contribution is -0.146. The first-order valence-electron chi connectivity index (χ1n) is 12.8. The zero-order chi connectivity index (χ0) is 25.9. The van der Waals surface area contributed by atoms with Crippen LogP contribution in [0.5, 0.6) is 5.75 Å². The number of para-hydroxylation sites is 2. The second-order valence-corrected chi connectivity index (χ2v) is 10.7. The summed E-state index contributed by atoms with van der Waals surface area (Å²) in [5.41, 5.74) is 0.0166. The fraction of sp³-hybridized carbons (Fsp3) is 0.667. The molecule has 0 saturated carbocycles. The van der Waals surface area contributed by atoms with E-state index in [4.69, 9.17) is 9.47 Å². The third kappa shape index (κ3) is 10.7. The number of piperidine rings is 1. The van der Waals surface area contributed by atoms with Crippen LogP contribution in [0, 0.1) is 0 Å². The van der Waals surface area contributed by atoms with Gasteiger partial charge < -0.3 is 25.4 Å². The summed E-state index contributed by atoms with van der Waals surface area (Å²) in [7, 11) is 0. The Morgan fingerprint density at radius 1 is 0.943 bits per heavy atom. The minimum absolute atomic E-state index is 0.118. The minimum Gasteiger partial charge on any atom is -0.480 e. The first kappa shape index (κ1) is 28.6. The third-order valence-electron chi connectivity index (χ3n) is 5.97. The van der Waals surface area contributed by atoms with Crippen molar-refractivity contribution in [2.45, 2.75) is 103 Å². The number of anilines is 1. The number of carbonyl (C=O) groups is 3. The highest BCUT2D eigenvalue weighted by Crippen LogP contribution is 2.28. The average molecular weight is 490 g/mol. The van der Waals surface area contributed by atoms with Crippen LogP contribution < -0.4 is 20.7 Å². The quantitative estimate of drug-likeness (QED) is 0.229. The Morgan fingerprint density at radius 2 is 1.57 bits per heavy atom. The van der Waals surface area contributed by atoms with Crippen molar-refractivity contribution in [1.82, 2.24) is 10.6 Å². The van der Waals surface area contributed by atoms with Crippen LogP contribution in [0.4, 0.5) is 5.69 Å². The van der Waals surface area contributed by atoms with E-state index in [9.17, 15) is 14.4 Å². The molecule has 0 atom stereocenters. The van der Waals surface area contributed by atoms with E-state index in [-0.39, 0.29) is 23.7 Å². The van der Waals surface area contributed by atoms with Crippen molar-refractivity contribution in [3.63, 3.8) is 0 Å². The van der Waals surface area contributed by atoms with Gasteiger partial charge in [-0.15, -0.1) is 0 Å². The molecule has 8 heteroatoms. The van der Waals surface area contributed by atoms with Crippen molar-refractivity contribution >= 4 is 23.5 Å².